The maximum absolute atomic E-state index is 12.3. The molecule has 0 N–H and O–H groups in total. The molecule has 0 fully saturated rings. The Kier molecular flexibility index (Phi) is 8.17. The van der Waals surface area contributed by atoms with Gasteiger partial charge in [0.25, 0.3) is 0 Å². The van der Waals surface area contributed by atoms with E-state index in [1.54, 1.807) is 12.1 Å². The molecule has 0 amide bonds. The molecule has 0 unspecified atom stereocenters. The fourth-order valence-electron chi connectivity index (χ4n) is 2.52. The summed E-state index contributed by atoms with van der Waals surface area (Å²) in [5.41, 5.74) is 1.69. The molecule has 0 aliphatic heterocycles. The summed E-state index contributed by atoms with van der Waals surface area (Å²) in [5.74, 6) is 1.35. The van der Waals surface area contributed by atoms with Gasteiger partial charge in [0.05, 0.1) is 16.6 Å². The van der Waals surface area contributed by atoms with Crippen LogP contribution in [0.2, 0.25) is 0 Å². The maximum atomic E-state index is 12.3. The Hall–Kier alpha value is -1.81. The highest BCUT2D eigenvalue weighted by molar-refractivity contribution is 9.10. The number of carbonyl (C=O) groups excluding carboxylic acids is 1. The van der Waals surface area contributed by atoms with Gasteiger partial charge in [0.1, 0.15) is 11.5 Å². The highest BCUT2D eigenvalue weighted by atomic mass is 79.9. The summed E-state index contributed by atoms with van der Waals surface area (Å²) < 4.78 is 12.0. The summed E-state index contributed by atoms with van der Waals surface area (Å²) in [6.45, 7) is 7.15. The number of unbranched alkanes of at least 4 members (excludes halogenated alkanes) is 3. The maximum Gasteiger partial charge on any atom is 0.343 e. The molecule has 26 heavy (non-hydrogen) atoms. The molecule has 0 heterocycles. The molecule has 0 saturated heterocycles. The van der Waals surface area contributed by atoms with Crippen LogP contribution in [0.5, 0.6) is 11.5 Å². The van der Waals surface area contributed by atoms with Gasteiger partial charge in [0, 0.05) is 0 Å². The van der Waals surface area contributed by atoms with Gasteiger partial charge in [-0.05, 0) is 70.2 Å². The van der Waals surface area contributed by atoms with Crippen LogP contribution in [0.15, 0.2) is 46.9 Å². The number of hydrogen-bond acceptors (Lipinski definition) is 3. The second-order valence-corrected chi connectivity index (χ2v) is 7.52. The Labute approximate surface area is 164 Å². The average molecular weight is 419 g/mol. The van der Waals surface area contributed by atoms with E-state index in [9.17, 15) is 4.79 Å². The minimum absolute atomic E-state index is 0.377. The second-order valence-electron chi connectivity index (χ2n) is 6.67. The van der Waals surface area contributed by atoms with Crippen molar-refractivity contribution < 1.29 is 14.3 Å². The van der Waals surface area contributed by atoms with Gasteiger partial charge in [-0.3, -0.25) is 0 Å². The van der Waals surface area contributed by atoms with Crippen LogP contribution in [0.4, 0.5) is 0 Å². The van der Waals surface area contributed by atoms with Crippen molar-refractivity contribution in [3.8, 4) is 11.5 Å². The molecule has 0 aliphatic carbocycles. The molecule has 0 aliphatic rings. The van der Waals surface area contributed by atoms with Crippen LogP contribution in [-0.2, 0) is 0 Å². The smallest absolute Gasteiger partial charge is 0.343 e. The van der Waals surface area contributed by atoms with Crippen molar-refractivity contribution in [2.24, 2.45) is 0 Å². The number of esters is 1. The summed E-state index contributed by atoms with van der Waals surface area (Å²) in [6.07, 6.45) is 4.69. The van der Waals surface area contributed by atoms with E-state index in [1.165, 1.54) is 24.8 Å². The third-order valence-corrected chi connectivity index (χ3v) is 4.80. The number of carbonyl (C=O) groups is 1. The summed E-state index contributed by atoms with van der Waals surface area (Å²) in [7, 11) is 0. The number of hydrogen-bond donors (Lipinski definition) is 0. The van der Waals surface area contributed by atoms with Crippen LogP contribution in [0.3, 0.4) is 0 Å². The first-order chi connectivity index (χ1) is 12.5. The number of ether oxygens (including phenoxy) is 2. The summed E-state index contributed by atoms with van der Waals surface area (Å²) in [4.78, 5) is 12.3. The van der Waals surface area contributed by atoms with Crippen LogP contribution in [-0.4, -0.2) is 12.6 Å². The van der Waals surface area contributed by atoms with Gasteiger partial charge in [0.2, 0.25) is 0 Å². The molecular formula is C22H27BrO3. The summed E-state index contributed by atoms with van der Waals surface area (Å²) in [6, 6.07) is 12.9. The van der Waals surface area contributed by atoms with Gasteiger partial charge >= 0.3 is 5.97 Å². The van der Waals surface area contributed by atoms with Crippen molar-refractivity contribution in [1.82, 2.24) is 0 Å². The van der Waals surface area contributed by atoms with E-state index in [2.05, 4.69) is 36.7 Å². The van der Waals surface area contributed by atoms with Crippen molar-refractivity contribution in [3.63, 3.8) is 0 Å². The molecule has 2 aromatic rings. The van der Waals surface area contributed by atoms with E-state index in [0.717, 1.165) is 16.6 Å². The Morgan fingerprint density at radius 3 is 2.38 bits per heavy atom. The fourth-order valence-corrected chi connectivity index (χ4v) is 3.00. The van der Waals surface area contributed by atoms with Gasteiger partial charge in [-0.2, -0.15) is 0 Å². The predicted molar refractivity (Wildman–Crippen MR) is 109 cm³/mol. The Morgan fingerprint density at radius 2 is 1.77 bits per heavy atom. The summed E-state index contributed by atoms with van der Waals surface area (Å²) >= 11 is 3.48. The SMILES string of the molecule is CCCCCCOc1ccc(C(=O)Oc2ccc(C(C)C)cc2Br)cc1. The van der Waals surface area contributed by atoms with Crippen molar-refractivity contribution >= 4 is 21.9 Å². The van der Waals surface area contributed by atoms with E-state index >= 15 is 0 Å². The molecule has 2 rings (SSSR count). The zero-order valence-corrected chi connectivity index (χ0v) is 17.3. The van der Waals surface area contributed by atoms with Crippen LogP contribution in [0, 0.1) is 0 Å². The van der Waals surface area contributed by atoms with Gasteiger partial charge in [-0.15, -0.1) is 0 Å². The second kappa shape index (κ2) is 10.4. The molecule has 2 aromatic carbocycles. The molecule has 0 radical (unpaired) electrons. The lowest BCUT2D eigenvalue weighted by molar-refractivity contribution is 0.0733. The lowest BCUT2D eigenvalue weighted by atomic mass is 10.0. The van der Waals surface area contributed by atoms with Crippen molar-refractivity contribution in [2.75, 3.05) is 6.61 Å². The standard InChI is InChI=1S/C22H27BrO3/c1-4-5-6-7-14-25-19-11-8-17(9-12-19)22(24)26-21-13-10-18(16(2)3)15-20(21)23/h8-13,15-16H,4-7,14H2,1-3H3. The topological polar surface area (TPSA) is 35.5 Å². The fraction of sp³-hybridized carbons (Fsp3) is 0.409. The monoisotopic (exact) mass is 418 g/mol. The number of benzene rings is 2. The largest absolute Gasteiger partial charge is 0.494 e. The van der Waals surface area contributed by atoms with E-state index in [4.69, 9.17) is 9.47 Å². The molecule has 0 saturated carbocycles. The van der Waals surface area contributed by atoms with Gasteiger partial charge in [0.15, 0.2) is 0 Å². The molecule has 0 bridgehead atoms. The molecule has 0 atom stereocenters. The zero-order chi connectivity index (χ0) is 18.9. The van der Waals surface area contributed by atoms with Crippen molar-refractivity contribution in [2.45, 2.75) is 52.4 Å². The molecule has 4 heteroatoms. The Balaban J connectivity index is 1.91. The molecule has 0 spiro atoms. The first-order valence-corrected chi connectivity index (χ1v) is 10.0. The van der Waals surface area contributed by atoms with Gasteiger partial charge < -0.3 is 9.47 Å². The molecular weight excluding hydrogens is 392 g/mol. The first-order valence-electron chi connectivity index (χ1n) is 9.25. The summed E-state index contributed by atoms with van der Waals surface area (Å²) in [5, 5.41) is 0. The van der Waals surface area contributed by atoms with Crippen molar-refractivity contribution in [1.29, 1.82) is 0 Å². The Morgan fingerprint density at radius 1 is 1.04 bits per heavy atom. The van der Waals surface area contributed by atoms with Gasteiger partial charge in [-0.25, -0.2) is 4.79 Å². The molecule has 3 nitrogen and oxygen atoms in total. The predicted octanol–water partition coefficient (Wildman–Crippen LogP) is 6.75. The minimum atomic E-state index is -0.377. The molecule has 140 valence electrons. The minimum Gasteiger partial charge on any atom is -0.494 e. The van der Waals surface area contributed by atoms with Crippen molar-refractivity contribution in [3.05, 3.63) is 58.1 Å². The number of rotatable bonds is 9. The number of halogens is 1. The first kappa shape index (κ1) is 20.5. The highest BCUT2D eigenvalue weighted by Gasteiger charge is 2.12. The van der Waals surface area contributed by atoms with E-state index in [1.807, 2.05) is 30.3 Å². The zero-order valence-electron chi connectivity index (χ0n) is 15.8. The van der Waals surface area contributed by atoms with Gasteiger partial charge in [-0.1, -0.05) is 46.1 Å². The Bertz CT molecular complexity index is 708. The highest BCUT2D eigenvalue weighted by Crippen LogP contribution is 2.29. The van der Waals surface area contributed by atoms with E-state index in [-0.39, 0.29) is 5.97 Å². The van der Waals surface area contributed by atoms with Crippen LogP contribution in [0.25, 0.3) is 0 Å². The van der Waals surface area contributed by atoms with Crippen LogP contribution < -0.4 is 9.47 Å². The molecule has 0 aromatic heterocycles. The van der Waals surface area contributed by atoms with E-state index in [0.29, 0.717) is 23.8 Å². The van der Waals surface area contributed by atoms with Crippen LogP contribution in [0.1, 0.15) is 68.3 Å². The normalized spacial score (nSPS) is 10.8. The third-order valence-electron chi connectivity index (χ3n) is 4.18. The lowest BCUT2D eigenvalue weighted by Crippen LogP contribution is -2.09. The lowest BCUT2D eigenvalue weighted by Gasteiger charge is -2.11. The average Bonchev–Trinajstić information content (AvgIpc) is 2.63. The third kappa shape index (κ3) is 6.17. The van der Waals surface area contributed by atoms with E-state index < -0.39 is 0 Å². The quantitative estimate of drug-likeness (QED) is 0.256. The van der Waals surface area contributed by atoms with Crippen LogP contribution >= 0.6 is 15.9 Å².